The van der Waals surface area contributed by atoms with Crippen molar-refractivity contribution in [2.24, 2.45) is 0 Å². The molecule has 2 heterocycles. The van der Waals surface area contributed by atoms with Crippen LogP contribution in [0.1, 0.15) is 34.0 Å². The topological polar surface area (TPSA) is 97.8 Å². The molecular weight excluding hydrogens is 570 g/mol. The molecule has 1 amide bonds. The molecule has 0 unspecified atom stereocenters. The van der Waals surface area contributed by atoms with Crippen molar-refractivity contribution >= 4 is 40.6 Å². The highest BCUT2D eigenvalue weighted by Crippen LogP contribution is 2.38. The highest BCUT2D eigenvalue weighted by molar-refractivity contribution is 7.12. The Hall–Kier alpha value is -4.61. The zero-order valence-corrected chi connectivity index (χ0v) is 23.3. The molecule has 3 aromatic carbocycles. The Bertz CT molecular complexity index is 1700. The lowest BCUT2D eigenvalue weighted by Crippen LogP contribution is -2.16. The number of carboxylic acids is 1. The Morgan fingerprint density at radius 2 is 1.61 bits per heavy atom. The number of halogens is 2. The minimum atomic E-state index is -1.25. The number of anilines is 1. The smallest absolute Gasteiger partial charge is 0.412 e. The van der Waals surface area contributed by atoms with Crippen molar-refractivity contribution in [3.63, 3.8) is 0 Å². The molecule has 7 nitrogen and oxygen atoms in total. The summed E-state index contributed by atoms with van der Waals surface area (Å²) in [5.41, 5.74) is 3.54. The van der Waals surface area contributed by atoms with Gasteiger partial charge in [0, 0.05) is 0 Å². The van der Waals surface area contributed by atoms with Crippen LogP contribution in [0.25, 0.3) is 21.6 Å². The maximum absolute atomic E-state index is 14.9. The number of ether oxygens (including phenoxy) is 2. The van der Waals surface area contributed by atoms with E-state index >= 15 is 0 Å². The van der Waals surface area contributed by atoms with Crippen LogP contribution < -0.4 is 10.1 Å². The predicted molar refractivity (Wildman–Crippen MR) is 154 cm³/mol. The fourth-order valence-electron chi connectivity index (χ4n) is 4.08. The summed E-state index contributed by atoms with van der Waals surface area (Å²) >= 11 is 2.09. The van der Waals surface area contributed by atoms with E-state index in [2.05, 4.69) is 9.69 Å². The number of carboxylic acid groups (broad SMARTS) is 1. The van der Waals surface area contributed by atoms with Crippen molar-refractivity contribution in [2.75, 3.05) is 5.32 Å². The van der Waals surface area contributed by atoms with Gasteiger partial charge in [-0.3, -0.25) is 5.32 Å². The van der Waals surface area contributed by atoms with E-state index < -0.39 is 35.6 Å². The number of nitrogens with zero attached hydrogens (tertiary/aromatic N) is 1. The molecule has 0 aliphatic carbocycles. The summed E-state index contributed by atoms with van der Waals surface area (Å²) in [6.07, 6.45) is -1.07. The molecule has 5 aromatic rings. The van der Waals surface area contributed by atoms with Crippen LogP contribution in [0.3, 0.4) is 0 Å². The number of aromatic nitrogens is 1. The first-order valence-electron chi connectivity index (χ1n) is 12.3. The highest BCUT2D eigenvalue weighted by Gasteiger charge is 2.21. The molecule has 1 atom stereocenters. The molecule has 0 radical (unpaired) electrons. The Morgan fingerprint density at radius 3 is 2.27 bits per heavy atom. The maximum Gasteiger partial charge on any atom is 0.412 e. The van der Waals surface area contributed by atoms with Crippen LogP contribution in [0.5, 0.6) is 11.5 Å². The van der Waals surface area contributed by atoms with Gasteiger partial charge in [0.2, 0.25) is 0 Å². The van der Waals surface area contributed by atoms with Gasteiger partial charge in [0.05, 0.1) is 16.3 Å². The van der Waals surface area contributed by atoms with Gasteiger partial charge in [0.1, 0.15) is 6.10 Å². The average molecular weight is 593 g/mol. The van der Waals surface area contributed by atoms with Gasteiger partial charge < -0.3 is 14.6 Å². The first-order valence-corrected chi connectivity index (χ1v) is 13.9. The van der Waals surface area contributed by atoms with Gasteiger partial charge in [-0.25, -0.2) is 18.4 Å². The number of amides is 1. The van der Waals surface area contributed by atoms with Crippen LogP contribution in [0.15, 0.2) is 78.2 Å². The number of carbonyl (C=O) groups excluding carboxylic acids is 1. The van der Waals surface area contributed by atoms with Gasteiger partial charge in [0.25, 0.3) is 0 Å². The summed E-state index contributed by atoms with van der Waals surface area (Å²) in [6.45, 7) is 3.56. The van der Waals surface area contributed by atoms with E-state index in [1.54, 1.807) is 38.1 Å². The van der Waals surface area contributed by atoms with Crippen LogP contribution in [-0.4, -0.2) is 21.5 Å². The van der Waals surface area contributed by atoms with Gasteiger partial charge in [0.15, 0.2) is 28.0 Å². The zero-order valence-electron chi connectivity index (χ0n) is 21.7. The SMILES string of the molecule is Cc1nsc(-c2ccc(-c3cc(F)c(Oc4ccsc4C(=O)O)c(F)c3)cc2)c1NC(=O)O[C@H](C)c1ccccc1. The number of rotatable bonds is 8. The molecule has 0 saturated carbocycles. The molecule has 0 fully saturated rings. The van der Waals surface area contributed by atoms with Crippen molar-refractivity contribution in [2.45, 2.75) is 20.0 Å². The molecule has 0 spiro atoms. The molecule has 2 aromatic heterocycles. The van der Waals surface area contributed by atoms with Crippen LogP contribution in [0.4, 0.5) is 19.3 Å². The van der Waals surface area contributed by atoms with E-state index in [0.717, 1.165) is 34.6 Å². The van der Waals surface area contributed by atoms with E-state index in [-0.39, 0.29) is 16.2 Å². The summed E-state index contributed by atoms with van der Waals surface area (Å²) in [6, 6.07) is 19.9. The number of thiophene rings is 1. The quantitative estimate of drug-likeness (QED) is 0.187. The number of hydrogen-bond donors (Lipinski definition) is 2. The fraction of sp³-hybridized carbons (Fsp3) is 0.100. The van der Waals surface area contributed by atoms with Crippen LogP contribution in [-0.2, 0) is 4.74 Å². The van der Waals surface area contributed by atoms with Gasteiger partial charge in [-0.1, -0.05) is 54.6 Å². The average Bonchev–Trinajstić information content (AvgIpc) is 3.58. The molecule has 2 N–H and O–H groups in total. The number of aryl methyl sites for hydroxylation is 1. The summed E-state index contributed by atoms with van der Waals surface area (Å²) in [4.78, 5) is 24.5. The number of benzene rings is 3. The fourth-order valence-corrected chi connectivity index (χ4v) is 5.59. The van der Waals surface area contributed by atoms with Crippen molar-refractivity contribution in [1.29, 1.82) is 0 Å². The standard InChI is InChI=1S/C30H22F2N2O5S2/c1-16-25(33-30(37)38-17(2)18-6-4-3-5-7-18)27(41-34-16)20-10-8-19(9-11-20)21-14-22(31)26(23(32)15-21)39-24-12-13-40-28(24)29(35)36/h3-15,17H,1-2H3,(H,33,37)(H,35,36)/t17-/m1/s1. The van der Waals surface area contributed by atoms with E-state index in [9.17, 15) is 23.5 Å². The normalized spacial score (nSPS) is 11.6. The first-order chi connectivity index (χ1) is 19.7. The van der Waals surface area contributed by atoms with Crippen molar-refractivity contribution in [3.05, 3.63) is 106 Å². The van der Waals surface area contributed by atoms with Crippen molar-refractivity contribution in [3.8, 4) is 33.1 Å². The minimum absolute atomic E-state index is 0.139. The Kier molecular flexibility index (Phi) is 8.09. The largest absolute Gasteiger partial charge is 0.477 e. The van der Waals surface area contributed by atoms with Gasteiger partial charge in [-0.2, -0.15) is 4.37 Å². The third-order valence-electron chi connectivity index (χ3n) is 6.16. The van der Waals surface area contributed by atoms with Crippen molar-refractivity contribution < 1.29 is 33.0 Å². The van der Waals surface area contributed by atoms with Crippen LogP contribution >= 0.6 is 22.9 Å². The Labute approximate surface area is 241 Å². The second-order valence-corrected chi connectivity index (χ2v) is 10.6. The molecular formula is C30H22F2N2O5S2. The summed E-state index contributed by atoms with van der Waals surface area (Å²) in [7, 11) is 0. The Morgan fingerprint density at radius 1 is 0.951 bits per heavy atom. The first kappa shape index (κ1) is 27.9. The highest BCUT2D eigenvalue weighted by atomic mass is 32.1. The number of nitrogens with one attached hydrogen (secondary N) is 1. The molecule has 0 bridgehead atoms. The van der Waals surface area contributed by atoms with Crippen LogP contribution in [0, 0.1) is 18.6 Å². The number of hydrogen-bond acceptors (Lipinski definition) is 7. The minimum Gasteiger partial charge on any atom is -0.477 e. The molecule has 11 heteroatoms. The molecule has 0 aliphatic heterocycles. The van der Waals surface area contributed by atoms with Crippen molar-refractivity contribution in [1.82, 2.24) is 4.37 Å². The lowest BCUT2D eigenvalue weighted by Gasteiger charge is -2.15. The Balaban J connectivity index is 1.33. The molecule has 0 saturated heterocycles. The van der Waals surface area contributed by atoms with Gasteiger partial charge in [-0.15, -0.1) is 11.3 Å². The van der Waals surface area contributed by atoms with E-state index in [1.807, 2.05) is 30.3 Å². The molecule has 41 heavy (non-hydrogen) atoms. The molecule has 0 aliphatic rings. The van der Waals surface area contributed by atoms with E-state index in [1.165, 1.54) is 23.0 Å². The third kappa shape index (κ3) is 6.11. The molecule has 5 rings (SSSR count). The van der Waals surface area contributed by atoms with E-state index in [4.69, 9.17) is 9.47 Å². The lowest BCUT2D eigenvalue weighted by molar-refractivity contribution is 0.0699. The molecule has 208 valence electrons. The number of carbonyl (C=O) groups is 2. The van der Waals surface area contributed by atoms with Gasteiger partial charge >= 0.3 is 12.1 Å². The van der Waals surface area contributed by atoms with E-state index in [0.29, 0.717) is 21.8 Å². The zero-order chi connectivity index (χ0) is 29.1. The summed E-state index contributed by atoms with van der Waals surface area (Å²) in [5.74, 6) is -4.02. The van der Waals surface area contributed by atoms with Gasteiger partial charge in [-0.05, 0) is 71.2 Å². The summed E-state index contributed by atoms with van der Waals surface area (Å²) in [5, 5.41) is 13.5. The lowest BCUT2D eigenvalue weighted by atomic mass is 10.0. The summed E-state index contributed by atoms with van der Waals surface area (Å²) < 4.78 is 44.9. The van der Waals surface area contributed by atoms with Crippen LogP contribution in [0.2, 0.25) is 0 Å². The predicted octanol–water partition coefficient (Wildman–Crippen LogP) is 8.93. The monoisotopic (exact) mass is 592 g/mol. The third-order valence-corrected chi connectivity index (χ3v) is 8.03. The second kappa shape index (κ2) is 11.9. The number of aromatic carboxylic acids is 1. The maximum atomic E-state index is 14.9. The second-order valence-electron chi connectivity index (χ2n) is 8.92.